The van der Waals surface area contributed by atoms with Crippen LogP contribution in [0.3, 0.4) is 0 Å². The van der Waals surface area contributed by atoms with Crippen molar-refractivity contribution < 1.29 is 27.0 Å². The zero-order valence-corrected chi connectivity index (χ0v) is 17.3. The molecule has 0 radical (unpaired) electrons. The molecule has 0 spiro atoms. The molecule has 4 rings (SSSR count). The Kier molecular flexibility index (Phi) is 5.97. The second kappa shape index (κ2) is 8.66. The van der Waals surface area contributed by atoms with Gasteiger partial charge in [-0.25, -0.2) is 4.68 Å². The first kappa shape index (κ1) is 20.7. The van der Waals surface area contributed by atoms with Crippen LogP contribution < -0.4 is 14.8 Å². The van der Waals surface area contributed by atoms with Crippen LogP contribution in [-0.4, -0.2) is 28.0 Å². The Bertz CT molecular complexity index is 1020. The van der Waals surface area contributed by atoms with Gasteiger partial charge in [0, 0.05) is 3.57 Å². The van der Waals surface area contributed by atoms with E-state index in [1.165, 1.54) is 24.5 Å². The molecule has 158 valence electrons. The molecule has 0 aliphatic carbocycles. The van der Waals surface area contributed by atoms with Crippen LogP contribution in [0.25, 0.3) is 0 Å². The third-order valence-corrected chi connectivity index (χ3v) is 5.41. The smallest absolute Gasteiger partial charge is 0.387 e. The van der Waals surface area contributed by atoms with Crippen LogP contribution in [0, 0.1) is 3.57 Å². The summed E-state index contributed by atoms with van der Waals surface area (Å²) in [7, 11) is 0. The van der Waals surface area contributed by atoms with Gasteiger partial charge in [-0.15, -0.1) is 0 Å². The van der Waals surface area contributed by atoms with Crippen molar-refractivity contribution in [3.05, 3.63) is 63.5 Å². The van der Waals surface area contributed by atoms with Gasteiger partial charge in [-0.2, -0.15) is 27.6 Å². The molecule has 2 atom stereocenters. The summed E-state index contributed by atoms with van der Waals surface area (Å²) in [6.07, 6.45) is 1.91. The predicted molar refractivity (Wildman–Crippen MR) is 108 cm³/mol. The van der Waals surface area contributed by atoms with Crippen LogP contribution in [-0.2, 0) is 0 Å². The summed E-state index contributed by atoms with van der Waals surface area (Å²) in [5.74, 6) is -0.413. The zero-order chi connectivity index (χ0) is 21.3. The highest BCUT2D eigenvalue weighted by Gasteiger charge is 2.31. The Morgan fingerprint density at radius 2 is 1.63 bits per heavy atom. The molecule has 0 unspecified atom stereocenters. The minimum absolute atomic E-state index is 0.111. The van der Waals surface area contributed by atoms with Crippen molar-refractivity contribution in [1.82, 2.24) is 14.8 Å². The Morgan fingerprint density at radius 1 is 0.967 bits per heavy atom. The lowest BCUT2D eigenvalue weighted by molar-refractivity contribution is -0.0692. The van der Waals surface area contributed by atoms with Crippen molar-refractivity contribution in [2.75, 3.05) is 5.32 Å². The summed E-state index contributed by atoms with van der Waals surface area (Å²) < 4.78 is 62.3. The molecule has 0 bridgehead atoms. The second-order valence-electron chi connectivity index (χ2n) is 6.49. The number of halogens is 5. The van der Waals surface area contributed by atoms with Gasteiger partial charge in [-0.3, -0.25) is 0 Å². The van der Waals surface area contributed by atoms with Crippen LogP contribution in [0.5, 0.6) is 11.5 Å². The fraction of sp³-hybridized carbons (Fsp3) is 0.263. The van der Waals surface area contributed by atoms with Gasteiger partial charge < -0.3 is 14.8 Å². The molecule has 1 N–H and O–H groups in total. The molecule has 0 fully saturated rings. The predicted octanol–water partition coefficient (Wildman–Crippen LogP) is 5.23. The largest absolute Gasteiger partial charge is 0.431 e. The molecular formula is C19H15F4IN4O2. The lowest BCUT2D eigenvalue weighted by Gasteiger charge is -2.32. The lowest BCUT2D eigenvalue weighted by atomic mass is 9.93. The molecule has 0 saturated carbocycles. The SMILES string of the molecule is FC(F)Oc1ccc([C@H]2C[C@@H](c3ccc(I)cc3)Nc3ncnn32)cc1OC(F)F. The summed E-state index contributed by atoms with van der Waals surface area (Å²) in [4.78, 5) is 4.22. The number of rotatable bonds is 6. The van der Waals surface area contributed by atoms with Crippen LogP contribution in [0.4, 0.5) is 23.5 Å². The van der Waals surface area contributed by atoms with Gasteiger partial charge in [-0.1, -0.05) is 18.2 Å². The van der Waals surface area contributed by atoms with E-state index >= 15 is 0 Å². The highest BCUT2D eigenvalue weighted by atomic mass is 127. The van der Waals surface area contributed by atoms with E-state index in [9.17, 15) is 17.6 Å². The molecule has 3 aromatic rings. The molecule has 1 aliphatic heterocycles. The number of hydrogen-bond acceptors (Lipinski definition) is 5. The van der Waals surface area contributed by atoms with Crippen LogP contribution in [0.1, 0.15) is 29.6 Å². The molecular weight excluding hydrogens is 519 g/mol. The van der Waals surface area contributed by atoms with E-state index in [1.54, 1.807) is 4.68 Å². The quantitative estimate of drug-likeness (QED) is 0.347. The molecule has 0 saturated heterocycles. The Balaban J connectivity index is 1.70. The van der Waals surface area contributed by atoms with E-state index in [2.05, 4.69) is 47.5 Å². The number of anilines is 1. The maximum Gasteiger partial charge on any atom is 0.387 e. The first-order chi connectivity index (χ1) is 14.4. The van der Waals surface area contributed by atoms with Gasteiger partial charge >= 0.3 is 13.2 Å². The molecule has 1 aliphatic rings. The topological polar surface area (TPSA) is 61.2 Å². The summed E-state index contributed by atoms with van der Waals surface area (Å²) in [6.45, 7) is -6.35. The summed E-state index contributed by atoms with van der Waals surface area (Å²) in [6, 6.07) is 11.5. The van der Waals surface area contributed by atoms with E-state index in [0.717, 1.165) is 9.13 Å². The van der Waals surface area contributed by atoms with Gasteiger partial charge in [0.15, 0.2) is 11.5 Å². The zero-order valence-electron chi connectivity index (χ0n) is 15.2. The second-order valence-corrected chi connectivity index (χ2v) is 7.74. The molecule has 0 amide bonds. The number of aromatic nitrogens is 3. The van der Waals surface area contributed by atoms with Crippen LogP contribution >= 0.6 is 22.6 Å². The highest BCUT2D eigenvalue weighted by Crippen LogP contribution is 2.40. The number of nitrogens with zero attached hydrogens (tertiary/aromatic N) is 3. The van der Waals surface area contributed by atoms with E-state index in [0.29, 0.717) is 17.9 Å². The molecule has 30 heavy (non-hydrogen) atoms. The fourth-order valence-electron chi connectivity index (χ4n) is 3.42. The Morgan fingerprint density at radius 3 is 2.33 bits per heavy atom. The Hall–Kier alpha value is -2.57. The minimum Gasteiger partial charge on any atom is -0.431 e. The molecule has 2 aromatic carbocycles. The summed E-state index contributed by atoms with van der Waals surface area (Å²) in [5, 5.41) is 7.53. The van der Waals surface area contributed by atoms with Crippen LogP contribution in [0.2, 0.25) is 0 Å². The minimum atomic E-state index is -3.19. The number of hydrogen-bond donors (Lipinski definition) is 1. The fourth-order valence-corrected chi connectivity index (χ4v) is 3.78. The number of benzene rings is 2. The van der Waals surface area contributed by atoms with Gasteiger partial charge in [0.2, 0.25) is 5.95 Å². The van der Waals surface area contributed by atoms with Gasteiger partial charge in [0.25, 0.3) is 0 Å². The van der Waals surface area contributed by atoms with Crippen molar-refractivity contribution >= 4 is 28.5 Å². The summed E-state index contributed by atoms with van der Waals surface area (Å²) in [5.41, 5.74) is 1.58. The van der Waals surface area contributed by atoms with E-state index in [4.69, 9.17) is 0 Å². The number of alkyl halides is 4. The highest BCUT2D eigenvalue weighted by molar-refractivity contribution is 14.1. The van der Waals surface area contributed by atoms with Crippen LogP contribution in [0.15, 0.2) is 48.8 Å². The van der Waals surface area contributed by atoms with Crippen molar-refractivity contribution in [2.24, 2.45) is 0 Å². The standard InChI is InChI=1S/C19H15F4IN4O2/c20-17(21)29-15-6-3-11(7-16(15)30-18(22)23)14-8-13(10-1-4-12(24)5-2-10)27-19-25-9-26-28(14)19/h1-7,9,13-14,17-18H,8H2,(H,25,26,27)/t13-,14+/m0/s1. The van der Waals surface area contributed by atoms with Gasteiger partial charge in [-0.05, 0) is 64.4 Å². The van der Waals surface area contributed by atoms with Gasteiger partial charge in [0.05, 0.1) is 12.1 Å². The molecule has 2 heterocycles. The number of nitrogens with one attached hydrogen (secondary N) is 1. The maximum absolute atomic E-state index is 12.8. The molecule has 6 nitrogen and oxygen atoms in total. The van der Waals surface area contributed by atoms with Crippen molar-refractivity contribution in [1.29, 1.82) is 0 Å². The molecule has 11 heteroatoms. The molecule has 1 aromatic heterocycles. The lowest BCUT2D eigenvalue weighted by Crippen LogP contribution is -2.28. The van der Waals surface area contributed by atoms with Crippen molar-refractivity contribution in [3.63, 3.8) is 0 Å². The average Bonchev–Trinajstić information content (AvgIpc) is 3.17. The monoisotopic (exact) mass is 534 g/mol. The Labute approximate surface area is 182 Å². The van der Waals surface area contributed by atoms with E-state index < -0.39 is 24.7 Å². The van der Waals surface area contributed by atoms with Crippen molar-refractivity contribution in [3.8, 4) is 11.5 Å². The maximum atomic E-state index is 12.8. The van der Waals surface area contributed by atoms with E-state index in [-0.39, 0.29) is 12.1 Å². The normalized spacial score (nSPS) is 18.2. The first-order valence-electron chi connectivity index (χ1n) is 8.86. The third-order valence-electron chi connectivity index (χ3n) is 4.69. The third kappa shape index (κ3) is 4.45. The number of fused-ring (bicyclic) bond motifs is 1. The first-order valence-corrected chi connectivity index (χ1v) is 9.93. The summed E-state index contributed by atoms with van der Waals surface area (Å²) >= 11 is 2.22. The number of ether oxygens (including phenoxy) is 2. The average molecular weight is 534 g/mol. The van der Waals surface area contributed by atoms with Gasteiger partial charge in [0.1, 0.15) is 6.33 Å². The van der Waals surface area contributed by atoms with E-state index in [1.807, 2.05) is 24.3 Å². The van der Waals surface area contributed by atoms with Crippen molar-refractivity contribution in [2.45, 2.75) is 31.7 Å².